The van der Waals surface area contributed by atoms with Crippen LogP contribution in [0.3, 0.4) is 0 Å². The predicted octanol–water partition coefficient (Wildman–Crippen LogP) is 1.72. The summed E-state index contributed by atoms with van der Waals surface area (Å²) in [6.07, 6.45) is 5.78. The van der Waals surface area contributed by atoms with E-state index in [0.717, 1.165) is 12.5 Å². The number of hydrogen-bond acceptors (Lipinski definition) is 2. The van der Waals surface area contributed by atoms with Crippen LogP contribution < -0.4 is 5.32 Å². The molecule has 1 aliphatic carbocycles. The van der Waals surface area contributed by atoms with E-state index < -0.39 is 0 Å². The van der Waals surface area contributed by atoms with E-state index in [2.05, 4.69) is 31.2 Å². The number of rotatable bonds is 6. The van der Waals surface area contributed by atoms with Gasteiger partial charge in [0.05, 0.1) is 0 Å². The molecule has 0 aromatic rings. The summed E-state index contributed by atoms with van der Waals surface area (Å²) >= 11 is 0. The van der Waals surface area contributed by atoms with Crippen molar-refractivity contribution in [1.82, 2.24) is 10.2 Å². The Labute approximate surface area is 82.7 Å². The normalized spacial score (nSPS) is 20.3. The average Bonchev–Trinajstić information content (AvgIpc) is 1.96. The van der Waals surface area contributed by atoms with E-state index in [4.69, 9.17) is 0 Å². The van der Waals surface area contributed by atoms with Crippen molar-refractivity contribution in [2.75, 3.05) is 27.2 Å². The van der Waals surface area contributed by atoms with Crippen LogP contribution in [0, 0.1) is 5.92 Å². The molecule has 1 atom stereocenters. The lowest BCUT2D eigenvalue weighted by molar-refractivity contribution is 0.233. The molecule has 1 fully saturated rings. The lowest BCUT2D eigenvalue weighted by Gasteiger charge is -2.31. The highest BCUT2D eigenvalue weighted by Gasteiger charge is 2.21. The van der Waals surface area contributed by atoms with Gasteiger partial charge in [0.15, 0.2) is 0 Å². The second-order valence-corrected chi connectivity index (χ2v) is 4.55. The predicted molar refractivity (Wildman–Crippen MR) is 58.0 cm³/mol. The third-order valence-electron chi connectivity index (χ3n) is 2.92. The Bertz CT molecular complexity index is 130. The number of nitrogens with one attached hydrogen (secondary N) is 1. The number of likely N-dealkylation sites (N-methyl/N-ethyl adjacent to an activating group) is 2. The molecule has 0 spiro atoms. The maximum atomic E-state index is 3.57. The van der Waals surface area contributed by atoms with Gasteiger partial charge in [-0.25, -0.2) is 0 Å². The summed E-state index contributed by atoms with van der Waals surface area (Å²) in [6, 6.07) is 0.713. The molecule has 0 aromatic heterocycles. The van der Waals surface area contributed by atoms with Crippen LogP contribution in [-0.4, -0.2) is 38.1 Å². The van der Waals surface area contributed by atoms with Crippen molar-refractivity contribution in [3.05, 3.63) is 0 Å². The van der Waals surface area contributed by atoms with E-state index >= 15 is 0 Å². The van der Waals surface area contributed by atoms with Crippen LogP contribution in [0.15, 0.2) is 0 Å². The van der Waals surface area contributed by atoms with Crippen molar-refractivity contribution >= 4 is 0 Å². The van der Waals surface area contributed by atoms with E-state index in [1.54, 1.807) is 0 Å². The zero-order valence-corrected chi connectivity index (χ0v) is 9.34. The Hall–Kier alpha value is -0.0800. The third-order valence-corrected chi connectivity index (χ3v) is 2.92. The molecule has 0 aliphatic heterocycles. The molecule has 1 aliphatic rings. The van der Waals surface area contributed by atoms with Crippen molar-refractivity contribution in [2.24, 2.45) is 5.92 Å². The van der Waals surface area contributed by atoms with E-state index in [9.17, 15) is 0 Å². The zero-order valence-electron chi connectivity index (χ0n) is 9.34. The maximum Gasteiger partial charge on any atom is 0.0197 e. The molecular weight excluding hydrogens is 160 g/mol. The van der Waals surface area contributed by atoms with Crippen molar-refractivity contribution in [1.29, 1.82) is 0 Å². The highest BCUT2D eigenvalue weighted by Crippen LogP contribution is 2.30. The van der Waals surface area contributed by atoms with Gasteiger partial charge in [0.1, 0.15) is 0 Å². The summed E-state index contributed by atoms with van der Waals surface area (Å²) in [7, 11) is 4.32. The molecule has 1 unspecified atom stereocenters. The highest BCUT2D eigenvalue weighted by molar-refractivity contribution is 4.78. The first-order valence-electron chi connectivity index (χ1n) is 5.60. The van der Waals surface area contributed by atoms with Gasteiger partial charge in [0, 0.05) is 12.6 Å². The molecule has 0 bridgehead atoms. The average molecular weight is 184 g/mol. The topological polar surface area (TPSA) is 15.3 Å². The van der Waals surface area contributed by atoms with Crippen molar-refractivity contribution in [3.63, 3.8) is 0 Å². The highest BCUT2D eigenvalue weighted by atomic mass is 15.1. The van der Waals surface area contributed by atoms with Crippen molar-refractivity contribution in [2.45, 2.75) is 38.6 Å². The zero-order chi connectivity index (χ0) is 9.68. The van der Waals surface area contributed by atoms with Gasteiger partial charge in [-0.05, 0) is 33.0 Å². The molecule has 2 nitrogen and oxygen atoms in total. The number of nitrogens with zero attached hydrogens (tertiary/aromatic N) is 1. The quantitative estimate of drug-likeness (QED) is 0.676. The maximum absolute atomic E-state index is 3.57. The van der Waals surface area contributed by atoms with E-state index in [1.165, 1.54) is 32.2 Å². The first-order valence-corrected chi connectivity index (χ1v) is 5.60. The Kier molecular flexibility index (Phi) is 4.74. The van der Waals surface area contributed by atoms with Crippen LogP contribution in [0.4, 0.5) is 0 Å². The molecule has 0 saturated heterocycles. The molecule has 0 aromatic carbocycles. The van der Waals surface area contributed by atoms with Gasteiger partial charge in [0.2, 0.25) is 0 Å². The molecule has 1 rings (SSSR count). The van der Waals surface area contributed by atoms with Gasteiger partial charge in [0.25, 0.3) is 0 Å². The van der Waals surface area contributed by atoms with Crippen molar-refractivity contribution in [3.8, 4) is 0 Å². The molecule has 78 valence electrons. The minimum absolute atomic E-state index is 0.713. The van der Waals surface area contributed by atoms with Gasteiger partial charge in [-0.15, -0.1) is 0 Å². The van der Waals surface area contributed by atoms with Gasteiger partial charge >= 0.3 is 0 Å². The molecule has 2 heteroatoms. The second kappa shape index (κ2) is 5.61. The summed E-state index contributed by atoms with van der Waals surface area (Å²) in [5.74, 6) is 1.02. The van der Waals surface area contributed by atoms with Crippen LogP contribution in [0.5, 0.6) is 0 Å². The first kappa shape index (κ1) is 11.0. The number of hydrogen-bond donors (Lipinski definition) is 1. The van der Waals surface area contributed by atoms with Gasteiger partial charge in [-0.1, -0.05) is 26.2 Å². The minimum Gasteiger partial charge on any atom is -0.313 e. The molecule has 1 N–H and O–H groups in total. The minimum atomic E-state index is 0.713. The van der Waals surface area contributed by atoms with Crippen LogP contribution >= 0.6 is 0 Å². The Balaban J connectivity index is 2.19. The Morgan fingerprint density at radius 1 is 1.38 bits per heavy atom. The molecular formula is C11H24N2. The van der Waals surface area contributed by atoms with E-state index in [1.807, 2.05) is 0 Å². The molecule has 13 heavy (non-hydrogen) atoms. The van der Waals surface area contributed by atoms with Crippen LogP contribution in [0.1, 0.15) is 32.6 Å². The summed E-state index contributed by atoms with van der Waals surface area (Å²) in [6.45, 7) is 4.49. The summed E-state index contributed by atoms with van der Waals surface area (Å²) in [5.41, 5.74) is 0. The molecule has 0 heterocycles. The van der Waals surface area contributed by atoms with Gasteiger partial charge in [-0.2, -0.15) is 0 Å². The van der Waals surface area contributed by atoms with Gasteiger partial charge < -0.3 is 10.2 Å². The fourth-order valence-electron chi connectivity index (χ4n) is 2.08. The summed E-state index contributed by atoms with van der Waals surface area (Å²) in [4.78, 5) is 2.28. The Morgan fingerprint density at radius 2 is 2.08 bits per heavy atom. The summed E-state index contributed by atoms with van der Waals surface area (Å²) < 4.78 is 0. The lowest BCUT2D eigenvalue weighted by atomic mass is 9.81. The lowest BCUT2D eigenvalue weighted by Crippen LogP contribution is -2.40. The van der Waals surface area contributed by atoms with Crippen LogP contribution in [-0.2, 0) is 0 Å². The summed E-state index contributed by atoms with van der Waals surface area (Å²) in [5, 5.41) is 3.57. The monoisotopic (exact) mass is 184 g/mol. The Morgan fingerprint density at radius 3 is 2.46 bits per heavy atom. The van der Waals surface area contributed by atoms with Crippen molar-refractivity contribution < 1.29 is 0 Å². The third kappa shape index (κ3) is 4.10. The van der Waals surface area contributed by atoms with Crippen LogP contribution in [0.2, 0.25) is 0 Å². The second-order valence-electron chi connectivity index (χ2n) is 4.55. The SMILES string of the molecule is CCNC(CC1CCC1)CN(C)C. The fourth-order valence-corrected chi connectivity index (χ4v) is 2.08. The molecule has 0 radical (unpaired) electrons. The van der Waals surface area contributed by atoms with E-state index in [-0.39, 0.29) is 0 Å². The molecule has 0 amide bonds. The van der Waals surface area contributed by atoms with Gasteiger partial charge in [-0.3, -0.25) is 0 Å². The molecule has 1 saturated carbocycles. The smallest absolute Gasteiger partial charge is 0.0197 e. The standard InChI is InChI=1S/C11H24N2/c1-4-12-11(9-13(2)3)8-10-6-5-7-10/h10-12H,4-9H2,1-3H3. The van der Waals surface area contributed by atoms with E-state index in [0.29, 0.717) is 6.04 Å². The largest absolute Gasteiger partial charge is 0.313 e. The first-order chi connectivity index (χ1) is 6.22. The van der Waals surface area contributed by atoms with Crippen LogP contribution in [0.25, 0.3) is 0 Å². The fraction of sp³-hybridized carbons (Fsp3) is 1.00.